The van der Waals surface area contributed by atoms with E-state index in [0.29, 0.717) is 11.1 Å². The molecule has 0 atom stereocenters. The van der Waals surface area contributed by atoms with Gasteiger partial charge in [-0.05, 0) is 18.1 Å². The molecule has 0 bridgehead atoms. The molecule has 1 aromatic carbocycles. The zero-order valence-corrected chi connectivity index (χ0v) is 7.26. The molecule has 2 amide bonds. The van der Waals surface area contributed by atoms with Crippen molar-refractivity contribution in [3.8, 4) is 0 Å². The first-order valence-corrected chi connectivity index (χ1v) is 4.21. The van der Waals surface area contributed by atoms with Crippen LogP contribution in [0.2, 0.25) is 0 Å². The molecule has 0 saturated carbocycles. The fourth-order valence-corrected chi connectivity index (χ4v) is 1.59. The fraction of sp³-hybridized carbons (Fsp3) is 0.200. The Hall–Kier alpha value is -1.64. The third kappa shape index (κ3) is 1.04. The highest BCUT2D eigenvalue weighted by Crippen LogP contribution is 2.19. The van der Waals surface area contributed by atoms with Crippen LogP contribution in [0.4, 0.5) is 0 Å². The minimum absolute atomic E-state index is 0.266. The molecule has 2 rings (SSSR count). The van der Waals surface area contributed by atoms with E-state index >= 15 is 0 Å². The summed E-state index contributed by atoms with van der Waals surface area (Å²) in [6.07, 6.45) is 0.768. The number of rotatable bonds is 1. The molecule has 13 heavy (non-hydrogen) atoms. The van der Waals surface area contributed by atoms with Gasteiger partial charge in [0.25, 0.3) is 11.8 Å². The Balaban J connectivity index is 2.69. The molecule has 1 aromatic rings. The summed E-state index contributed by atoms with van der Waals surface area (Å²) < 4.78 is 0. The van der Waals surface area contributed by atoms with Crippen LogP contribution < -0.4 is 5.32 Å². The maximum atomic E-state index is 11.3. The van der Waals surface area contributed by atoms with Gasteiger partial charge >= 0.3 is 0 Å². The summed E-state index contributed by atoms with van der Waals surface area (Å²) >= 11 is 0. The molecule has 0 unspecified atom stereocenters. The van der Waals surface area contributed by atoms with E-state index < -0.39 is 0 Å². The van der Waals surface area contributed by atoms with Gasteiger partial charge in [0.05, 0.1) is 11.1 Å². The van der Waals surface area contributed by atoms with Gasteiger partial charge in [-0.25, -0.2) is 0 Å². The first-order chi connectivity index (χ1) is 6.24. The summed E-state index contributed by atoms with van der Waals surface area (Å²) in [6, 6.07) is 5.35. The van der Waals surface area contributed by atoms with E-state index in [-0.39, 0.29) is 11.8 Å². The molecule has 0 aliphatic carbocycles. The topological polar surface area (TPSA) is 46.2 Å². The van der Waals surface area contributed by atoms with Crippen LogP contribution in [-0.2, 0) is 6.42 Å². The third-order valence-corrected chi connectivity index (χ3v) is 2.23. The molecule has 3 heteroatoms. The normalized spacial score (nSPS) is 14.2. The number of carbonyl (C=O) groups excluding carboxylic acids is 2. The predicted molar refractivity (Wildman–Crippen MR) is 47.6 cm³/mol. The molecule has 3 nitrogen and oxygen atoms in total. The van der Waals surface area contributed by atoms with Crippen LogP contribution in [0, 0.1) is 0 Å². The quantitative estimate of drug-likeness (QED) is 0.650. The summed E-state index contributed by atoms with van der Waals surface area (Å²) in [5.41, 5.74) is 1.99. The summed E-state index contributed by atoms with van der Waals surface area (Å²) in [4.78, 5) is 22.5. The van der Waals surface area contributed by atoms with Gasteiger partial charge in [-0.1, -0.05) is 19.1 Å². The van der Waals surface area contributed by atoms with Gasteiger partial charge in [-0.2, -0.15) is 0 Å². The molecule has 0 fully saturated rings. The second-order valence-corrected chi connectivity index (χ2v) is 2.98. The number of fused-ring (bicyclic) bond motifs is 1. The van der Waals surface area contributed by atoms with Crippen molar-refractivity contribution < 1.29 is 9.59 Å². The number of imide groups is 1. The number of amides is 2. The van der Waals surface area contributed by atoms with Crippen LogP contribution in [0.15, 0.2) is 18.2 Å². The molecule has 0 spiro atoms. The molecular weight excluding hydrogens is 166 g/mol. The maximum absolute atomic E-state index is 11.3. The highest BCUT2D eigenvalue weighted by atomic mass is 16.2. The van der Waals surface area contributed by atoms with E-state index in [1.165, 1.54) is 0 Å². The van der Waals surface area contributed by atoms with Gasteiger partial charge in [0.15, 0.2) is 0 Å². The maximum Gasteiger partial charge on any atom is 0.259 e. The molecule has 1 N–H and O–H groups in total. The lowest BCUT2D eigenvalue weighted by atomic mass is 10.0. The zero-order chi connectivity index (χ0) is 9.42. The van der Waals surface area contributed by atoms with E-state index in [2.05, 4.69) is 5.32 Å². The molecule has 0 saturated heterocycles. The van der Waals surface area contributed by atoms with E-state index in [0.717, 1.165) is 12.0 Å². The summed E-state index contributed by atoms with van der Waals surface area (Å²) in [5.74, 6) is -0.548. The van der Waals surface area contributed by atoms with Gasteiger partial charge in [0, 0.05) is 0 Å². The van der Waals surface area contributed by atoms with Gasteiger partial charge in [0.2, 0.25) is 0 Å². The van der Waals surface area contributed by atoms with Gasteiger partial charge in [0.1, 0.15) is 0 Å². The van der Waals surface area contributed by atoms with Crippen LogP contribution in [0.1, 0.15) is 33.2 Å². The van der Waals surface area contributed by atoms with Crippen molar-refractivity contribution in [3.63, 3.8) is 0 Å². The Morgan fingerprint density at radius 3 is 2.69 bits per heavy atom. The third-order valence-electron chi connectivity index (χ3n) is 2.23. The monoisotopic (exact) mass is 175 g/mol. The number of carbonyl (C=O) groups is 2. The minimum atomic E-state index is -0.282. The van der Waals surface area contributed by atoms with Gasteiger partial charge in [-0.3, -0.25) is 14.9 Å². The Labute approximate surface area is 75.8 Å². The molecule has 1 aliphatic rings. The van der Waals surface area contributed by atoms with Gasteiger partial charge < -0.3 is 0 Å². The Kier molecular flexibility index (Phi) is 1.65. The molecule has 0 radical (unpaired) electrons. The lowest BCUT2D eigenvalue weighted by Gasteiger charge is -2.00. The lowest BCUT2D eigenvalue weighted by Crippen LogP contribution is -2.20. The van der Waals surface area contributed by atoms with Crippen LogP contribution >= 0.6 is 0 Å². The molecule has 1 heterocycles. The van der Waals surface area contributed by atoms with Crippen LogP contribution in [0.3, 0.4) is 0 Å². The number of aryl methyl sites for hydroxylation is 1. The Morgan fingerprint density at radius 2 is 2.00 bits per heavy atom. The summed E-state index contributed by atoms with van der Waals surface area (Å²) in [7, 11) is 0. The zero-order valence-electron chi connectivity index (χ0n) is 7.26. The van der Waals surface area contributed by atoms with Crippen LogP contribution in [0.25, 0.3) is 0 Å². The number of hydrogen-bond donors (Lipinski definition) is 1. The number of benzene rings is 1. The molecule has 66 valence electrons. The summed E-state index contributed by atoms with van der Waals surface area (Å²) in [6.45, 7) is 1.96. The van der Waals surface area contributed by atoms with Crippen molar-refractivity contribution in [2.75, 3.05) is 0 Å². The SMILES string of the molecule is CCc1cccc2c1C(=O)NC2=O. The molecular formula is C10H9NO2. The smallest absolute Gasteiger partial charge is 0.259 e. The van der Waals surface area contributed by atoms with Crippen LogP contribution in [-0.4, -0.2) is 11.8 Å². The second-order valence-electron chi connectivity index (χ2n) is 2.98. The largest absolute Gasteiger partial charge is 0.288 e. The van der Waals surface area contributed by atoms with E-state index in [1.54, 1.807) is 12.1 Å². The van der Waals surface area contributed by atoms with Crippen molar-refractivity contribution in [2.24, 2.45) is 0 Å². The van der Waals surface area contributed by atoms with Crippen molar-refractivity contribution in [1.29, 1.82) is 0 Å². The average molecular weight is 175 g/mol. The van der Waals surface area contributed by atoms with E-state index in [1.807, 2.05) is 13.0 Å². The second kappa shape index (κ2) is 2.69. The fourth-order valence-electron chi connectivity index (χ4n) is 1.59. The van der Waals surface area contributed by atoms with Crippen molar-refractivity contribution in [2.45, 2.75) is 13.3 Å². The molecule has 1 aliphatic heterocycles. The standard InChI is InChI=1S/C10H9NO2/c1-2-6-4-3-5-7-8(6)10(13)11-9(7)12/h3-5H,2H2,1H3,(H,11,12,13). The number of hydrogen-bond acceptors (Lipinski definition) is 2. The highest BCUT2D eigenvalue weighted by molar-refractivity contribution is 6.22. The average Bonchev–Trinajstić information content (AvgIpc) is 2.43. The Morgan fingerprint density at radius 1 is 1.23 bits per heavy atom. The predicted octanol–water partition coefficient (Wildman–Crippen LogP) is 1.13. The van der Waals surface area contributed by atoms with E-state index in [9.17, 15) is 9.59 Å². The number of nitrogens with one attached hydrogen (secondary N) is 1. The summed E-state index contributed by atoms with van der Waals surface area (Å²) in [5, 5.41) is 2.28. The highest BCUT2D eigenvalue weighted by Gasteiger charge is 2.28. The van der Waals surface area contributed by atoms with Crippen molar-refractivity contribution in [3.05, 3.63) is 34.9 Å². The van der Waals surface area contributed by atoms with Crippen LogP contribution in [0.5, 0.6) is 0 Å². The van der Waals surface area contributed by atoms with Crippen molar-refractivity contribution >= 4 is 11.8 Å². The minimum Gasteiger partial charge on any atom is -0.288 e. The first-order valence-electron chi connectivity index (χ1n) is 4.21. The molecule has 0 aromatic heterocycles. The van der Waals surface area contributed by atoms with E-state index in [4.69, 9.17) is 0 Å². The first kappa shape index (κ1) is 7.98. The van der Waals surface area contributed by atoms with Crippen molar-refractivity contribution in [1.82, 2.24) is 5.32 Å². The lowest BCUT2D eigenvalue weighted by molar-refractivity contribution is 0.0879. The van der Waals surface area contributed by atoms with Gasteiger partial charge in [-0.15, -0.1) is 0 Å². The Bertz CT molecular complexity index is 396.